The Hall–Kier alpha value is -0.830. The molecule has 1 heterocycles. The van der Waals surface area contributed by atoms with Crippen molar-refractivity contribution in [2.45, 2.75) is 45.1 Å². The second-order valence-electron chi connectivity index (χ2n) is 4.86. The quantitative estimate of drug-likeness (QED) is 0.825. The molecule has 1 fully saturated rings. The van der Waals surface area contributed by atoms with E-state index in [2.05, 4.69) is 28.8 Å². The third-order valence-electron chi connectivity index (χ3n) is 3.86. The summed E-state index contributed by atoms with van der Waals surface area (Å²) in [6.07, 6.45) is 10.4. The van der Waals surface area contributed by atoms with E-state index in [4.69, 9.17) is 0 Å². The predicted molar refractivity (Wildman–Crippen MR) is 66.3 cm³/mol. The second kappa shape index (κ2) is 5.48. The minimum Gasteiger partial charge on any atom is -0.338 e. The highest BCUT2D eigenvalue weighted by Crippen LogP contribution is 2.27. The molecule has 1 aliphatic carbocycles. The third-order valence-corrected chi connectivity index (χ3v) is 3.86. The summed E-state index contributed by atoms with van der Waals surface area (Å²) in [4.78, 5) is 4.34. The Kier molecular flexibility index (Phi) is 3.99. The van der Waals surface area contributed by atoms with Crippen LogP contribution in [0.5, 0.6) is 0 Å². The molecule has 1 N–H and O–H groups in total. The molecule has 1 aromatic rings. The molecule has 16 heavy (non-hydrogen) atoms. The lowest BCUT2D eigenvalue weighted by Gasteiger charge is -2.19. The average molecular weight is 221 g/mol. The minimum absolute atomic E-state index is 0.755. The van der Waals surface area contributed by atoms with E-state index in [1.54, 1.807) is 0 Å². The van der Waals surface area contributed by atoms with E-state index in [1.807, 2.05) is 12.4 Å². The summed E-state index contributed by atoms with van der Waals surface area (Å²) in [5, 5.41) is 3.69. The Morgan fingerprint density at radius 3 is 3.06 bits per heavy atom. The topological polar surface area (TPSA) is 29.9 Å². The fraction of sp³-hybridized carbons (Fsp3) is 0.769. The predicted octanol–water partition coefficient (Wildman–Crippen LogP) is 2.13. The van der Waals surface area contributed by atoms with E-state index in [9.17, 15) is 0 Å². The summed E-state index contributed by atoms with van der Waals surface area (Å²) < 4.78 is 2.10. The Balaban J connectivity index is 1.74. The van der Waals surface area contributed by atoms with E-state index in [0.29, 0.717) is 0 Å². The number of rotatable bonds is 5. The van der Waals surface area contributed by atoms with E-state index >= 15 is 0 Å². The van der Waals surface area contributed by atoms with Crippen LogP contribution in [0.25, 0.3) is 0 Å². The first kappa shape index (κ1) is 11.6. The first-order valence-electron chi connectivity index (χ1n) is 6.51. The molecule has 1 aromatic heterocycles. The van der Waals surface area contributed by atoms with Gasteiger partial charge in [0, 0.05) is 38.4 Å². The van der Waals surface area contributed by atoms with Gasteiger partial charge in [-0.05, 0) is 18.8 Å². The summed E-state index contributed by atoms with van der Waals surface area (Å²) in [5.41, 5.74) is 0. The van der Waals surface area contributed by atoms with Gasteiger partial charge in [0.15, 0.2) is 0 Å². The van der Waals surface area contributed by atoms with Crippen LogP contribution < -0.4 is 5.32 Å². The van der Waals surface area contributed by atoms with Gasteiger partial charge in [0.2, 0.25) is 0 Å². The van der Waals surface area contributed by atoms with E-state index in [-0.39, 0.29) is 0 Å². The lowest BCUT2D eigenvalue weighted by Crippen LogP contribution is -2.33. The van der Waals surface area contributed by atoms with E-state index in [1.165, 1.54) is 31.5 Å². The Bertz CT molecular complexity index is 319. The van der Waals surface area contributed by atoms with Gasteiger partial charge in [-0.2, -0.15) is 0 Å². The molecule has 0 aromatic carbocycles. The van der Waals surface area contributed by atoms with Crippen LogP contribution in [0, 0.1) is 5.92 Å². The Morgan fingerprint density at radius 1 is 1.50 bits per heavy atom. The smallest absolute Gasteiger partial charge is 0.109 e. The minimum atomic E-state index is 0.755. The molecule has 2 unspecified atom stereocenters. The maximum Gasteiger partial charge on any atom is 0.109 e. The van der Waals surface area contributed by atoms with Gasteiger partial charge in [-0.3, -0.25) is 0 Å². The summed E-state index contributed by atoms with van der Waals surface area (Å²) >= 11 is 0. The molecule has 90 valence electrons. The van der Waals surface area contributed by atoms with Crippen LogP contribution in [0.3, 0.4) is 0 Å². The van der Waals surface area contributed by atoms with Crippen molar-refractivity contribution in [2.24, 2.45) is 13.0 Å². The summed E-state index contributed by atoms with van der Waals surface area (Å²) in [6, 6.07) is 0.755. The van der Waals surface area contributed by atoms with Crippen molar-refractivity contribution in [1.82, 2.24) is 14.9 Å². The van der Waals surface area contributed by atoms with Gasteiger partial charge in [0.05, 0.1) is 0 Å². The highest BCUT2D eigenvalue weighted by atomic mass is 15.0. The molecule has 0 aliphatic heterocycles. The van der Waals surface area contributed by atoms with Crippen LogP contribution in [-0.2, 0) is 13.5 Å². The van der Waals surface area contributed by atoms with E-state index in [0.717, 1.165) is 24.9 Å². The highest BCUT2D eigenvalue weighted by Gasteiger charge is 2.24. The molecule has 2 rings (SSSR count). The maximum absolute atomic E-state index is 4.34. The van der Waals surface area contributed by atoms with Crippen LogP contribution in [-0.4, -0.2) is 22.1 Å². The lowest BCUT2D eigenvalue weighted by molar-refractivity contribution is 0.391. The molecular formula is C13H23N3. The van der Waals surface area contributed by atoms with Crippen molar-refractivity contribution in [3.8, 4) is 0 Å². The van der Waals surface area contributed by atoms with Crippen LogP contribution in [0.4, 0.5) is 0 Å². The maximum atomic E-state index is 4.34. The Labute approximate surface area is 98.3 Å². The first-order valence-corrected chi connectivity index (χ1v) is 6.51. The largest absolute Gasteiger partial charge is 0.338 e. The number of aromatic nitrogens is 2. The van der Waals surface area contributed by atoms with Crippen LogP contribution in [0.15, 0.2) is 12.4 Å². The van der Waals surface area contributed by atoms with Crippen molar-refractivity contribution in [2.75, 3.05) is 6.54 Å². The Morgan fingerprint density at radius 2 is 2.38 bits per heavy atom. The molecular weight excluding hydrogens is 198 g/mol. The lowest BCUT2D eigenvalue weighted by atomic mass is 10.0. The van der Waals surface area contributed by atoms with Crippen molar-refractivity contribution < 1.29 is 0 Å². The van der Waals surface area contributed by atoms with Gasteiger partial charge < -0.3 is 9.88 Å². The molecule has 0 amide bonds. The molecule has 2 atom stereocenters. The standard InChI is InChI=1S/C13H23N3/c1-3-11-5-4-6-12(11)14-8-7-13-15-9-10-16(13)2/h9-12,14H,3-8H2,1-2H3. The fourth-order valence-electron chi connectivity index (χ4n) is 2.80. The summed E-state index contributed by atoms with van der Waals surface area (Å²) in [6.45, 7) is 3.37. The monoisotopic (exact) mass is 221 g/mol. The number of hydrogen-bond donors (Lipinski definition) is 1. The summed E-state index contributed by atoms with van der Waals surface area (Å²) in [7, 11) is 2.06. The molecule has 1 saturated carbocycles. The molecule has 3 nitrogen and oxygen atoms in total. The van der Waals surface area contributed by atoms with Gasteiger partial charge in [-0.15, -0.1) is 0 Å². The van der Waals surface area contributed by atoms with Gasteiger partial charge in [0.25, 0.3) is 0 Å². The second-order valence-corrected chi connectivity index (χ2v) is 4.86. The van der Waals surface area contributed by atoms with Gasteiger partial charge >= 0.3 is 0 Å². The summed E-state index contributed by atoms with van der Waals surface area (Å²) in [5.74, 6) is 2.08. The van der Waals surface area contributed by atoms with E-state index < -0.39 is 0 Å². The molecule has 0 saturated heterocycles. The molecule has 0 radical (unpaired) electrons. The first-order chi connectivity index (χ1) is 7.81. The fourth-order valence-corrected chi connectivity index (χ4v) is 2.80. The highest BCUT2D eigenvalue weighted by molar-refractivity contribution is 4.92. The number of nitrogens with one attached hydrogen (secondary N) is 1. The molecule has 3 heteroatoms. The van der Waals surface area contributed by atoms with Crippen LogP contribution in [0.1, 0.15) is 38.4 Å². The van der Waals surface area contributed by atoms with Gasteiger partial charge in [-0.25, -0.2) is 4.98 Å². The number of aryl methyl sites for hydroxylation is 1. The molecule has 0 bridgehead atoms. The zero-order chi connectivity index (χ0) is 11.4. The van der Waals surface area contributed by atoms with Crippen molar-refractivity contribution >= 4 is 0 Å². The SMILES string of the molecule is CCC1CCCC1NCCc1nccn1C. The number of nitrogens with zero attached hydrogens (tertiary/aromatic N) is 2. The van der Waals surface area contributed by atoms with Gasteiger partial charge in [-0.1, -0.05) is 19.8 Å². The van der Waals surface area contributed by atoms with Crippen molar-refractivity contribution in [3.63, 3.8) is 0 Å². The molecule has 1 aliphatic rings. The third kappa shape index (κ3) is 2.64. The zero-order valence-corrected chi connectivity index (χ0v) is 10.4. The normalized spacial score (nSPS) is 25.1. The number of hydrogen-bond acceptors (Lipinski definition) is 2. The zero-order valence-electron chi connectivity index (χ0n) is 10.4. The van der Waals surface area contributed by atoms with Crippen LogP contribution in [0.2, 0.25) is 0 Å². The van der Waals surface area contributed by atoms with Crippen molar-refractivity contribution in [3.05, 3.63) is 18.2 Å². The van der Waals surface area contributed by atoms with Crippen LogP contribution >= 0.6 is 0 Å². The average Bonchev–Trinajstić information content (AvgIpc) is 2.88. The number of imidazole rings is 1. The van der Waals surface area contributed by atoms with Gasteiger partial charge in [0.1, 0.15) is 5.82 Å². The molecule has 0 spiro atoms. The van der Waals surface area contributed by atoms with Crippen molar-refractivity contribution in [1.29, 1.82) is 0 Å².